The number of nitrogens with two attached hydrogens (primary N) is 1. The quantitative estimate of drug-likeness (QED) is 0.821. The van der Waals surface area contributed by atoms with Crippen LogP contribution in [0.25, 0.3) is 0 Å². The van der Waals surface area contributed by atoms with Crippen molar-refractivity contribution in [1.29, 1.82) is 0 Å². The fraction of sp³-hybridized carbons (Fsp3) is 0.312. The van der Waals surface area contributed by atoms with Gasteiger partial charge in [0.2, 0.25) is 0 Å². The van der Waals surface area contributed by atoms with Crippen molar-refractivity contribution >= 4 is 5.69 Å². The highest BCUT2D eigenvalue weighted by atomic mass is 16.5. The van der Waals surface area contributed by atoms with Gasteiger partial charge in [-0.05, 0) is 36.4 Å². The van der Waals surface area contributed by atoms with Crippen molar-refractivity contribution in [3.05, 3.63) is 53.9 Å². The van der Waals surface area contributed by atoms with Crippen molar-refractivity contribution in [2.45, 2.75) is 20.0 Å². The summed E-state index contributed by atoms with van der Waals surface area (Å²) in [6.45, 7) is 4.79. The SMILES string of the molecule is CCN(Cc1ccc(OC)c(N)c1)Cc1ccccn1. The third kappa shape index (κ3) is 3.71. The lowest BCUT2D eigenvalue weighted by atomic mass is 10.1. The minimum Gasteiger partial charge on any atom is -0.495 e. The monoisotopic (exact) mass is 271 g/mol. The van der Waals surface area contributed by atoms with Crippen LogP contribution in [0.15, 0.2) is 42.6 Å². The summed E-state index contributed by atoms with van der Waals surface area (Å²) in [5.74, 6) is 0.724. The molecule has 0 saturated carbocycles. The van der Waals surface area contributed by atoms with Crippen molar-refractivity contribution < 1.29 is 4.74 Å². The number of benzene rings is 1. The van der Waals surface area contributed by atoms with E-state index in [1.165, 1.54) is 5.56 Å². The van der Waals surface area contributed by atoms with Gasteiger partial charge < -0.3 is 10.5 Å². The second-order valence-corrected chi connectivity index (χ2v) is 4.70. The molecule has 0 aliphatic carbocycles. The molecule has 1 aromatic carbocycles. The molecule has 1 heterocycles. The molecule has 0 radical (unpaired) electrons. The molecular weight excluding hydrogens is 250 g/mol. The van der Waals surface area contributed by atoms with Crippen LogP contribution in [0.2, 0.25) is 0 Å². The molecule has 0 aliphatic rings. The Morgan fingerprint density at radius 3 is 2.65 bits per heavy atom. The zero-order chi connectivity index (χ0) is 14.4. The van der Waals surface area contributed by atoms with Gasteiger partial charge in [0.15, 0.2) is 0 Å². The third-order valence-corrected chi connectivity index (χ3v) is 3.26. The molecular formula is C16H21N3O. The Morgan fingerprint density at radius 1 is 1.20 bits per heavy atom. The number of rotatable bonds is 6. The van der Waals surface area contributed by atoms with Crippen LogP contribution in [0.4, 0.5) is 5.69 Å². The Balaban J connectivity index is 2.04. The maximum atomic E-state index is 5.95. The minimum absolute atomic E-state index is 0.680. The molecule has 0 unspecified atom stereocenters. The number of anilines is 1. The van der Waals surface area contributed by atoms with E-state index in [4.69, 9.17) is 10.5 Å². The first kappa shape index (κ1) is 14.3. The Bertz CT molecular complexity index is 543. The number of hydrogen-bond acceptors (Lipinski definition) is 4. The number of pyridine rings is 1. The number of ether oxygens (including phenoxy) is 1. The average molecular weight is 271 g/mol. The number of nitrogen functional groups attached to an aromatic ring is 1. The van der Waals surface area contributed by atoms with Gasteiger partial charge in [0, 0.05) is 19.3 Å². The first-order valence-electron chi connectivity index (χ1n) is 6.77. The van der Waals surface area contributed by atoms with Crippen LogP contribution in [-0.2, 0) is 13.1 Å². The summed E-state index contributed by atoms with van der Waals surface area (Å²) >= 11 is 0. The second kappa shape index (κ2) is 6.91. The van der Waals surface area contributed by atoms with E-state index < -0.39 is 0 Å². The second-order valence-electron chi connectivity index (χ2n) is 4.70. The summed E-state index contributed by atoms with van der Waals surface area (Å²) in [5.41, 5.74) is 8.89. The van der Waals surface area contributed by atoms with Crippen LogP contribution < -0.4 is 10.5 Å². The first-order valence-corrected chi connectivity index (χ1v) is 6.77. The molecule has 4 heteroatoms. The van der Waals surface area contributed by atoms with E-state index in [0.29, 0.717) is 5.69 Å². The highest BCUT2D eigenvalue weighted by molar-refractivity contribution is 5.54. The molecule has 0 atom stereocenters. The average Bonchev–Trinajstić information content (AvgIpc) is 2.48. The van der Waals surface area contributed by atoms with Crippen LogP contribution in [0.3, 0.4) is 0 Å². The highest BCUT2D eigenvalue weighted by Gasteiger charge is 2.07. The van der Waals surface area contributed by atoms with E-state index in [-0.39, 0.29) is 0 Å². The van der Waals surface area contributed by atoms with E-state index in [1.807, 2.05) is 36.5 Å². The van der Waals surface area contributed by atoms with Gasteiger partial charge in [-0.15, -0.1) is 0 Å². The van der Waals surface area contributed by atoms with Gasteiger partial charge in [0.1, 0.15) is 5.75 Å². The van der Waals surface area contributed by atoms with Gasteiger partial charge in [0.25, 0.3) is 0 Å². The molecule has 0 bridgehead atoms. The Hall–Kier alpha value is -2.07. The predicted octanol–water partition coefficient (Wildman–Crippen LogP) is 2.69. The minimum atomic E-state index is 0.680. The molecule has 2 rings (SSSR count). The lowest BCUT2D eigenvalue weighted by Crippen LogP contribution is -2.22. The maximum absolute atomic E-state index is 5.95. The van der Waals surface area contributed by atoms with Gasteiger partial charge in [-0.3, -0.25) is 9.88 Å². The summed E-state index contributed by atoms with van der Waals surface area (Å²) in [6, 6.07) is 11.9. The number of methoxy groups -OCH3 is 1. The Labute approximate surface area is 120 Å². The molecule has 2 N–H and O–H groups in total. The molecule has 0 saturated heterocycles. The lowest BCUT2D eigenvalue weighted by molar-refractivity contribution is 0.268. The van der Waals surface area contributed by atoms with Crippen LogP contribution in [0, 0.1) is 0 Å². The molecule has 2 aromatic rings. The van der Waals surface area contributed by atoms with Gasteiger partial charge in [-0.25, -0.2) is 0 Å². The normalized spacial score (nSPS) is 10.8. The first-order chi connectivity index (χ1) is 9.72. The van der Waals surface area contributed by atoms with E-state index in [2.05, 4.69) is 22.9 Å². The molecule has 1 aromatic heterocycles. The largest absolute Gasteiger partial charge is 0.495 e. The molecule has 20 heavy (non-hydrogen) atoms. The summed E-state index contributed by atoms with van der Waals surface area (Å²) < 4.78 is 5.18. The van der Waals surface area contributed by atoms with Crippen LogP contribution in [0.5, 0.6) is 5.75 Å². The van der Waals surface area contributed by atoms with Crippen molar-refractivity contribution in [1.82, 2.24) is 9.88 Å². The summed E-state index contributed by atoms with van der Waals surface area (Å²) in [7, 11) is 1.63. The van der Waals surface area contributed by atoms with E-state index in [9.17, 15) is 0 Å². The fourth-order valence-electron chi connectivity index (χ4n) is 2.14. The molecule has 0 spiro atoms. The van der Waals surface area contributed by atoms with Crippen molar-refractivity contribution in [2.75, 3.05) is 19.4 Å². The van der Waals surface area contributed by atoms with E-state index >= 15 is 0 Å². The van der Waals surface area contributed by atoms with Crippen molar-refractivity contribution in [3.63, 3.8) is 0 Å². The smallest absolute Gasteiger partial charge is 0.141 e. The van der Waals surface area contributed by atoms with Gasteiger partial charge in [0.05, 0.1) is 18.5 Å². The standard InChI is InChI=1S/C16H21N3O/c1-3-19(12-14-6-4-5-9-18-14)11-13-7-8-16(20-2)15(17)10-13/h4-10H,3,11-12,17H2,1-2H3. The maximum Gasteiger partial charge on any atom is 0.141 e. The fourth-order valence-corrected chi connectivity index (χ4v) is 2.14. The lowest BCUT2D eigenvalue weighted by Gasteiger charge is -2.20. The van der Waals surface area contributed by atoms with E-state index in [0.717, 1.165) is 31.1 Å². The van der Waals surface area contributed by atoms with Crippen molar-refractivity contribution in [2.24, 2.45) is 0 Å². The topological polar surface area (TPSA) is 51.4 Å². The number of hydrogen-bond donors (Lipinski definition) is 1. The highest BCUT2D eigenvalue weighted by Crippen LogP contribution is 2.22. The van der Waals surface area contributed by atoms with Gasteiger partial charge in [-0.2, -0.15) is 0 Å². The zero-order valence-electron chi connectivity index (χ0n) is 12.0. The molecule has 4 nitrogen and oxygen atoms in total. The third-order valence-electron chi connectivity index (χ3n) is 3.26. The molecule has 0 aliphatic heterocycles. The summed E-state index contributed by atoms with van der Waals surface area (Å²) in [5, 5.41) is 0. The Morgan fingerprint density at radius 2 is 2.05 bits per heavy atom. The van der Waals surface area contributed by atoms with Crippen molar-refractivity contribution in [3.8, 4) is 5.75 Å². The number of nitrogens with zero attached hydrogens (tertiary/aromatic N) is 2. The van der Waals surface area contributed by atoms with Gasteiger partial charge in [-0.1, -0.05) is 19.1 Å². The predicted molar refractivity (Wildman–Crippen MR) is 81.4 cm³/mol. The molecule has 0 amide bonds. The summed E-state index contributed by atoms with van der Waals surface area (Å²) in [4.78, 5) is 6.69. The molecule has 0 fully saturated rings. The van der Waals surface area contributed by atoms with Crippen LogP contribution >= 0.6 is 0 Å². The van der Waals surface area contributed by atoms with Crippen LogP contribution in [-0.4, -0.2) is 23.5 Å². The van der Waals surface area contributed by atoms with Gasteiger partial charge >= 0.3 is 0 Å². The van der Waals surface area contributed by atoms with Crippen LogP contribution in [0.1, 0.15) is 18.2 Å². The van der Waals surface area contributed by atoms with E-state index in [1.54, 1.807) is 7.11 Å². The molecule has 106 valence electrons. The zero-order valence-corrected chi connectivity index (χ0v) is 12.0. The number of aromatic nitrogens is 1. The summed E-state index contributed by atoms with van der Waals surface area (Å²) in [6.07, 6.45) is 1.83. The Kier molecular flexibility index (Phi) is 4.96.